The first-order valence-electron chi connectivity index (χ1n) is 9.33. The smallest absolute Gasteiger partial charge is 0.227 e. The maximum atomic E-state index is 14.3. The van der Waals surface area contributed by atoms with Crippen LogP contribution in [0.15, 0.2) is 54.6 Å². The summed E-state index contributed by atoms with van der Waals surface area (Å²) in [5.41, 5.74) is 2.55. The largest absolute Gasteiger partial charge is 0.323 e. The second-order valence-electron chi connectivity index (χ2n) is 7.19. The molecular weight excluding hydrogens is 353 g/mol. The summed E-state index contributed by atoms with van der Waals surface area (Å²) >= 11 is 0. The second kappa shape index (κ2) is 6.60. The normalized spacial score (nSPS) is 14.2. The van der Waals surface area contributed by atoms with Crippen LogP contribution in [0.1, 0.15) is 24.1 Å². The molecule has 0 atom stereocenters. The zero-order valence-electron chi connectivity index (χ0n) is 15.1. The van der Waals surface area contributed by atoms with Gasteiger partial charge >= 0.3 is 0 Å². The first-order chi connectivity index (χ1) is 13.7. The van der Waals surface area contributed by atoms with E-state index in [1.54, 1.807) is 6.07 Å². The van der Waals surface area contributed by atoms with Crippen LogP contribution in [-0.2, 0) is 4.79 Å². The number of aromatic nitrogens is 2. The molecule has 5 rings (SSSR count). The number of benzene rings is 3. The van der Waals surface area contributed by atoms with Gasteiger partial charge in [-0.3, -0.25) is 9.89 Å². The Labute approximate surface area is 161 Å². The summed E-state index contributed by atoms with van der Waals surface area (Å²) in [5.74, 6) is -0.558. The lowest BCUT2D eigenvalue weighted by atomic mass is 10.1. The number of fused-ring (bicyclic) bond motifs is 2. The summed E-state index contributed by atoms with van der Waals surface area (Å²) in [5, 5.41) is 13.0. The number of carbonyl (C=O) groups is 1. The number of aromatic amines is 1. The molecule has 5 heteroatoms. The van der Waals surface area contributed by atoms with Gasteiger partial charge in [-0.15, -0.1) is 0 Å². The van der Waals surface area contributed by atoms with Crippen molar-refractivity contribution in [2.45, 2.75) is 12.8 Å². The van der Waals surface area contributed by atoms with Gasteiger partial charge in [0.25, 0.3) is 0 Å². The molecule has 1 aliphatic rings. The van der Waals surface area contributed by atoms with Crippen molar-refractivity contribution in [3.8, 4) is 0 Å². The van der Waals surface area contributed by atoms with E-state index < -0.39 is 5.82 Å². The minimum Gasteiger partial charge on any atom is -0.323 e. The number of nitrogens with one attached hydrogen (secondary N) is 2. The number of hydrogen-bond acceptors (Lipinski definition) is 2. The lowest BCUT2D eigenvalue weighted by Crippen LogP contribution is -2.14. The van der Waals surface area contributed by atoms with E-state index in [4.69, 9.17) is 0 Å². The number of anilines is 1. The first kappa shape index (κ1) is 16.7. The van der Waals surface area contributed by atoms with E-state index in [2.05, 4.69) is 45.8 Å². The molecule has 4 aromatic rings. The van der Waals surface area contributed by atoms with Crippen molar-refractivity contribution < 1.29 is 9.18 Å². The van der Waals surface area contributed by atoms with Crippen LogP contribution < -0.4 is 5.32 Å². The summed E-state index contributed by atoms with van der Waals surface area (Å²) in [6.45, 7) is 0. The standard InChI is InChI=1S/C23H18FN3O/c24-19-13-21-18(12-22(19)25-23(28)16-8-9-16)20(26-27-21)10-6-14-5-7-15-3-1-2-4-17(15)11-14/h1-7,10-13,16H,8-9H2,(H,25,28)(H,26,27)/b10-6+. The van der Waals surface area contributed by atoms with Crippen LogP contribution in [0, 0.1) is 11.7 Å². The number of hydrogen-bond donors (Lipinski definition) is 2. The van der Waals surface area contributed by atoms with Gasteiger partial charge in [0.05, 0.1) is 16.9 Å². The van der Waals surface area contributed by atoms with Crippen molar-refractivity contribution in [3.05, 3.63) is 71.7 Å². The van der Waals surface area contributed by atoms with Crippen LogP contribution >= 0.6 is 0 Å². The Morgan fingerprint density at radius 3 is 2.71 bits per heavy atom. The predicted octanol–water partition coefficient (Wildman–Crippen LogP) is 5.37. The fourth-order valence-electron chi connectivity index (χ4n) is 3.35. The summed E-state index contributed by atoms with van der Waals surface area (Å²) in [4.78, 5) is 12.0. The maximum Gasteiger partial charge on any atom is 0.227 e. The SMILES string of the molecule is O=C(Nc1cc2c(/C=C/c3ccc4ccccc4c3)n[nH]c2cc1F)C1CC1. The molecule has 1 fully saturated rings. The minimum atomic E-state index is -0.463. The van der Waals surface area contributed by atoms with Crippen molar-refractivity contribution in [2.24, 2.45) is 5.92 Å². The Balaban J connectivity index is 1.47. The molecule has 0 unspecified atom stereocenters. The van der Waals surface area contributed by atoms with Gasteiger partial charge in [0.2, 0.25) is 5.91 Å². The van der Waals surface area contributed by atoms with Crippen LogP contribution in [0.4, 0.5) is 10.1 Å². The fraction of sp³-hybridized carbons (Fsp3) is 0.130. The van der Waals surface area contributed by atoms with Crippen LogP contribution in [0.2, 0.25) is 0 Å². The van der Waals surface area contributed by atoms with Gasteiger partial charge in [-0.1, -0.05) is 42.5 Å². The molecule has 0 bridgehead atoms. The van der Waals surface area contributed by atoms with E-state index in [0.717, 1.165) is 23.8 Å². The van der Waals surface area contributed by atoms with E-state index in [-0.39, 0.29) is 17.5 Å². The van der Waals surface area contributed by atoms with Crippen molar-refractivity contribution in [3.63, 3.8) is 0 Å². The van der Waals surface area contributed by atoms with Gasteiger partial charge < -0.3 is 5.32 Å². The zero-order chi connectivity index (χ0) is 19.1. The molecule has 2 N–H and O–H groups in total. The molecule has 0 spiro atoms. The highest BCUT2D eigenvalue weighted by Crippen LogP contribution is 2.32. The second-order valence-corrected chi connectivity index (χ2v) is 7.19. The Morgan fingerprint density at radius 1 is 1.07 bits per heavy atom. The third-order valence-corrected chi connectivity index (χ3v) is 5.09. The molecule has 1 heterocycles. The van der Waals surface area contributed by atoms with Gasteiger partial charge in [0.15, 0.2) is 0 Å². The van der Waals surface area contributed by atoms with Crippen LogP contribution in [0.5, 0.6) is 0 Å². The van der Waals surface area contributed by atoms with E-state index in [1.807, 2.05) is 24.3 Å². The maximum absolute atomic E-state index is 14.3. The lowest BCUT2D eigenvalue weighted by Gasteiger charge is -2.06. The highest BCUT2D eigenvalue weighted by Gasteiger charge is 2.30. The number of amides is 1. The molecule has 28 heavy (non-hydrogen) atoms. The number of halogens is 1. The predicted molar refractivity (Wildman–Crippen MR) is 110 cm³/mol. The Morgan fingerprint density at radius 2 is 1.89 bits per heavy atom. The number of nitrogens with zero attached hydrogens (tertiary/aromatic N) is 1. The number of H-pyrrole nitrogens is 1. The molecule has 1 aliphatic carbocycles. The molecular formula is C23H18FN3O. The molecule has 1 saturated carbocycles. The quantitative estimate of drug-likeness (QED) is 0.506. The van der Waals surface area contributed by atoms with Crippen molar-refractivity contribution in [2.75, 3.05) is 5.32 Å². The van der Waals surface area contributed by atoms with Gasteiger partial charge in [0.1, 0.15) is 5.82 Å². The monoisotopic (exact) mass is 371 g/mol. The average Bonchev–Trinajstić information content (AvgIpc) is 3.49. The minimum absolute atomic E-state index is 0.0201. The van der Waals surface area contributed by atoms with Gasteiger partial charge in [-0.2, -0.15) is 5.10 Å². The van der Waals surface area contributed by atoms with E-state index in [9.17, 15) is 9.18 Å². The van der Waals surface area contributed by atoms with E-state index in [1.165, 1.54) is 16.8 Å². The summed E-state index contributed by atoms with van der Waals surface area (Å²) in [6.07, 6.45) is 5.63. The Kier molecular flexibility index (Phi) is 3.93. The van der Waals surface area contributed by atoms with Gasteiger partial charge in [-0.25, -0.2) is 4.39 Å². The summed E-state index contributed by atoms with van der Waals surface area (Å²) in [7, 11) is 0. The zero-order valence-corrected chi connectivity index (χ0v) is 15.1. The van der Waals surface area contributed by atoms with E-state index in [0.29, 0.717) is 11.2 Å². The molecule has 0 radical (unpaired) electrons. The third-order valence-electron chi connectivity index (χ3n) is 5.09. The lowest BCUT2D eigenvalue weighted by molar-refractivity contribution is -0.117. The first-order valence-corrected chi connectivity index (χ1v) is 9.33. The molecule has 138 valence electrons. The Hall–Kier alpha value is -3.47. The fourth-order valence-corrected chi connectivity index (χ4v) is 3.35. The number of rotatable bonds is 4. The van der Waals surface area contributed by atoms with Gasteiger partial charge in [-0.05, 0) is 47.4 Å². The summed E-state index contributed by atoms with van der Waals surface area (Å²) < 4.78 is 14.3. The molecule has 1 aromatic heterocycles. The molecule has 3 aromatic carbocycles. The van der Waals surface area contributed by atoms with Crippen LogP contribution in [0.3, 0.4) is 0 Å². The Bertz CT molecular complexity index is 1240. The van der Waals surface area contributed by atoms with Gasteiger partial charge in [0, 0.05) is 17.4 Å². The third kappa shape index (κ3) is 3.16. The van der Waals surface area contributed by atoms with Crippen molar-refractivity contribution >= 4 is 45.4 Å². The number of carbonyl (C=O) groups excluding carboxylic acids is 1. The highest BCUT2D eigenvalue weighted by molar-refractivity contribution is 5.98. The van der Waals surface area contributed by atoms with Crippen molar-refractivity contribution in [1.29, 1.82) is 0 Å². The topological polar surface area (TPSA) is 57.8 Å². The van der Waals surface area contributed by atoms with Crippen LogP contribution in [-0.4, -0.2) is 16.1 Å². The molecule has 0 saturated heterocycles. The van der Waals surface area contributed by atoms with Crippen LogP contribution in [0.25, 0.3) is 33.8 Å². The molecule has 1 amide bonds. The molecule has 0 aliphatic heterocycles. The van der Waals surface area contributed by atoms with E-state index >= 15 is 0 Å². The average molecular weight is 371 g/mol. The summed E-state index contributed by atoms with van der Waals surface area (Å²) in [6, 6.07) is 17.5. The molecule has 4 nitrogen and oxygen atoms in total. The van der Waals surface area contributed by atoms with Crippen molar-refractivity contribution in [1.82, 2.24) is 10.2 Å². The highest BCUT2D eigenvalue weighted by atomic mass is 19.1.